The highest BCUT2D eigenvalue weighted by Crippen LogP contribution is 2.30. The van der Waals surface area contributed by atoms with E-state index in [9.17, 15) is 17.6 Å². The zero-order valence-electron chi connectivity index (χ0n) is 26.6. The van der Waals surface area contributed by atoms with E-state index in [0.29, 0.717) is 0 Å². The number of rotatable bonds is 5. The third-order valence-electron chi connectivity index (χ3n) is 6.58. The summed E-state index contributed by atoms with van der Waals surface area (Å²) in [6.07, 6.45) is -5.50. The van der Waals surface area contributed by atoms with Crippen molar-refractivity contribution in [1.82, 2.24) is 0 Å². The number of hydrogen-bond donors (Lipinski definition) is 0. The fourth-order valence-corrected chi connectivity index (χ4v) is 8.49. The van der Waals surface area contributed by atoms with Crippen LogP contribution in [0.25, 0.3) is 0 Å². The van der Waals surface area contributed by atoms with Crippen LogP contribution in [0, 0.1) is 7.14 Å². The summed E-state index contributed by atoms with van der Waals surface area (Å²) in [5.74, 6) is 0. The van der Waals surface area contributed by atoms with Crippen molar-refractivity contribution in [2.24, 2.45) is 0 Å². The van der Waals surface area contributed by atoms with Crippen LogP contribution >= 0.6 is 0 Å². The summed E-state index contributed by atoms with van der Waals surface area (Å²) in [6, 6.07) is 50.6. The summed E-state index contributed by atoms with van der Waals surface area (Å²) in [4.78, 5) is 4.08. The van der Waals surface area contributed by atoms with Gasteiger partial charge in [-0.15, -0.1) is 17.6 Å². The van der Waals surface area contributed by atoms with Crippen LogP contribution < -0.4 is 21.2 Å². The summed E-state index contributed by atoms with van der Waals surface area (Å²) < 4.78 is 41.7. The topological polar surface area (TPSA) is 0 Å². The molecule has 0 heterocycles. The van der Waals surface area contributed by atoms with Gasteiger partial charge in [-0.25, -0.2) is 0 Å². The molecule has 0 saturated heterocycles. The lowest BCUT2D eigenvalue weighted by Crippen LogP contribution is -3.61. The highest BCUT2D eigenvalue weighted by atomic mass is 127. The maximum atomic E-state index is 9.69. The van der Waals surface area contributed by atoms with Crippen LogP contribution in [-0.4, -0.2) is 6.43 Å². The SMILES string of the molecule is CC(C)(C)c1ccc([I+]c2ccc(C(C)(C)C)cc2)cc1.FC(F)(F)F.c1ccc([S+](c2ccccc2)c2ccccc2)cc1. The van der Waals surface area contributed by atoms with Crippen molar-refractivity contribution in [1.29, 1.82) is 0 Å². The van der Waals surface area contributed by atoms with Gasteiger partial charge in [0, 0.05) is 0 Å². The first kappa shape index (κ1) is 36.4. The van der Waals surface area contributed by atoms with E-state index in [2.05, 4.69) is 181 Å². The molecule has 5 aromatic rings. The first-order valence-electron chi connectivity index (χ1n) is 14.6. The lowest BCUT2D eigenvalue weighted by Gasteiger charge is -2.18. The van der Waals surface area contributed by atoms with E-state index in [4.69, 9.17) is 0 Å². The Kier molecular flexibility index (Phi) is 13.3. The van der Waals surface area contributed by atoms with Crippen LogP contribution in [0.3, 0.4) is 0 Å². The van der Waals surface area contributed by atoms with E-state index in [1.54, 1.807) is 0 Å². The largest absolute Gasteiger partial charge is 0.559 e. The molecule has 0 atom stereocenters. The van der Waals surface area contributed by atoms with Gasteiger partial charge in [0.05, 0.1) is 10.9 Å². The molecule has 0 spiro atoms. The van der Waals surface area contributed by atoms with Crippen molar-refractivity contribution >= 4 is 10.9 Å². The Balaban J connectivity index is 0.000000214. The van der Waals surface area contributed by atoms with Crippen LogP contribution in [0.5, 0.6) is 0 Å². The van der Waals surface area contributed by atoms with Crippen LogP contribution in [0.1, 0.15) is 52.7 Å². The van der Waals surface area contributed by atoms with Crippen molar-refractivity contribution in [3.63, 3.8) is 0 Å². The van der Waals surface area contributed by atoms with Gasteiger partial charge in [-0.3, -0.25) is 0 Å². The monoisotopic (exact) mass is 744 g/mol. The number of alkyl halides is 4. The molecule has 0 unspecified atom stereocenters. The Morgan fingerprint density at radius 3 is 0.867 bits per heavy atom. The molecule has 5 rings (SSSR count). The van der Waals surface area contributed by atoms with Crippen molar-refractivity contribution in [3.05, 3.63) is 158 Å². The molecular formula is C39H41F4IS+2. The van der Waals surface area contributed by atoms with E-state index in [0.717, 1.165) is 0 Å². The smallest absolute Gasteiger partial charge is 0.140 e. The molecule has 0 N–H and O–H groups in total. The Labute approximate surface area is 279 Å². The van der Waals surface area contributed by atoms with Crippen molar-refractivity contribution in [3.8, 4) is 0 Å². The van der Waals surface area contributed by atoms with Gasteiger partial charge in [0.1, 0.15) is 0 Å². The third kappa shape index (κ3) is 13.0. The summed E-state index contributed by atoms with van der Waals surface area (Å²) >= 11 is -0.0703. The molecule has 5 aromatic carbocycles. The van der Waals surface area contributed by atoms with Crippen molar-refractivity contribution in [2.45, 2.75) is 73.5 Å². The molecule has 0 saturated carbocycles. The van der Waals surface area contributed by atoms with Crippen LogP contribution in [0.15, 0.2) is 154 Å². The molecule has 0 amide bonds. The zero-order valence-corrected chi connectivity index (χ0v) is 29.6. The third-order valence-corrected chi connectivity index (χ3v) is 11.5. The predicted octanol–water partition coefficient (Wildman–Crippen LogP) is 8.67. The van der Waals surface area contributed by atoms with E-state index in [1.165, 1.54) is 33.0 Å². The first-order valence-corrected chi connectivity index (χ1v) is 18.0. The van der Waals surface area contributed by atoms with E-state index in [1.807, 2.05) is 0 Å². The summed E-state index contributed by atoms with van der Waals surface area (Å²) in [5.41, 5.74) is 3.31. The molecule has 0 nitrogen and oxygen atoms in total. The zero-order chi connectivity index (χ0) is 33.1. The molecule has 0 bridgehead atoms. The maximum Gasteiger partial charge on any atom is 0.559 e. The quantitative estimate of drug-likeness (QED) is 0.0961. The van der Waals surface area contributed by atoms with Crippen LogP contribution in [0.2, 0.25) is 0 Å². The molecule has 6 heteroatoms. The molecule has 45 heavy (non-hydrogen) atoms. The van der Waals surface area contributed by atoms with Crippen LogP contribution in [0.4, 0.5) is 17.6 Å². The van der Waals surface area contributed by atoms with Gasteiger partial charge in [0.2, 0.25) is 0 Å². The summed E-state index contributed by atoms with van der Waals surface area (Å²) in [5, 5.41) is 0. The van der Waals surface area contributed by atoms with Gasteiger partial charge < -0.3 is 0 Å². The second-order valence-electron chi connectivity index (χ2n) is 12.3. The Bertz CT molecular complexity index is 1380. The molecular weight excluding hydrogens is 703 g/mol. The molecule has 0 fully saturated rings. The Morgan fingerprint density at radius 1 is 0.400 bits per heavy atom. The van der Waals surface area contributed by atoms with Crippen molar-refractivity contribution < 1.29 is 38.8 Å². The molecule has 0 aliphatic rings. The highest BCUT2D eigenvalue weighted by Gasteiger charge is 2.27. The van der Waals surface area contributed by atoms with Crippen LogP contribution in [-0.2, 0) is 21.7 Å². The first-order chi connectivity index (χ1) is 21.1. The van der Waals surface area contributed by atoms with Gasteiger partial charge in [-0.05, 0) is 82.6 Å². The number of benzene rings is 5. The lowest BCUT2D eigenvalue weighted by atomic mass is 9.87. The van der Waals surface area contributed by atoms with Gasteiger partial charge >= 0.3 is 27.6 Å². The number of halogens is 5. The predicted molar refractivity (Wildman–Crippen MR) is 176 cm³/mol. The summed E-state index contributed by atoms with van der Waals surface area (Å²) in [7, 11) is -0.0146. The minimum Gasteiger partial charge on any atom is -0.140 e. The number of hydrogen-bond acceptors (Lipinski definition) is 0. The second-order valence-corrected chi connectivity index (χ2v) is 17.3. The van der Waals surface area contributed by atoms with Gasteiger partial charge in [-0.1, -0.05) is 120 Å². The molecule has 236 valence electrons. The standard InChI is InChI=1S/C20H26I.C18H15S.CF4/c1-19(2,3)15-7-11-17(12-8-15)21-18-13-9-16(10-14-18)20(4,5)6;1-4-10-16(11-5-1)19(17-12-6-2-7-13-17)18-14-8-3-9-15-18;2-1(3,4)5/h7-14H,1-6H3;1-15H;/q2*+1;. The van der Waals surface area contributed by atoms with Gasteiger partial charge in [0.25, 0.3) is 0 Å². The highest BCUT2D eigenvalue weighted by molar-refractivity contribution is 7.97. The minimum atomic E-state index is -5.50. The van der Waals surface area contributed by atoms with E-state index in [-0.39, 0.29) is 42.9 Å². The van der Waals surface area contributed by atoms with E-state index >= 15 is 0 Å². The average molecular weight is 745 g/mol. The fourth-order valence-electron chi connectivity index (χ4n) is 4.23. The van der Waals surface area contributed by atoms with Gasteiger partial charge in [-0.2, -0.15) is 0 Å². The average Bonchev–Trinajstić information content (AvgIpc) is 2.98. The minimum absolute atomic E-state index is 0.0146. The van der Waals surface area contributed by atoms with Gasteiger partial charge in [0.15, 0.2) is 21.8 Å². The molecule has 0 aliphatic heterocycles. The Hall–Kier alpha value is -3.10. The normalized spacial score (nSPS) is 11.6. The molecule has 0 radical (unpaired) electrons. The van der Waals surface area contributed by atoms with Crippen molar-refractivity contribution in [2.75, 3.05) is 0 Å². The summed E-state index contributed by atoms with van der Waals surface area (Å²) in [6.45, 7) is 13.6. The second kappa shape index (κ2) is 16.5. The maximum absolute atomic E-state index is 9.69. The lowest BCUT2D eigenvalue weighted by molar-refractivity contribution is -0.597. The Morgan fingerprint density at radius 2 is 0.644 bits per heavy atom. The molecule has 0 aliphatic carbocycles. The molecule has 0 aromatic heterocycles. The van der Waals surface area contributed by atoms with E-state index < -0.39 is 6.43 Å². The fraction of sp³-hybridized carbons (Fsp3) is 0.231.